The molecule has 0 aliphatic rings. The van der Waals surface area contributed by atoms with Gasteiger partial charge in [-0.1, -0.05) is 31.5 Å². The van der Waals surface area contributed by atoms with E-state index in [1.807, 2.05) is 24.3 Å². The first-order chi connectivity index (χ1) is 10.7. The quantitative estimate of drug-likeness (QED) is 0.698. The molecule has 1 aromatic heterocycles. The van der Waals surface area contributed by atoms with Crippen molar-refractivity contribution >= 4 is 22.6 Å². The topological polar surface area (TPSA) is 77.2 Å². The van der Waals surface area contributed by atoms with Gasteiger partial charge in [-0.3, -0.25) is 4.79 Å². The number of carbonyl (C=O) groups is 1. The number of rotatable bonds is 9. The predicted molar refractivity (Wildman–Crippen MR) is 89.1 cm³/mol. The Morgan fingerprint density at radius 2 is 2.05 bits per heavy atom. The molecule has 0 radical (unpaired) electrons. The summed E-state index contributed by atoms with van der Waals surface area (Å²) in [7, 11) is 0. The molecule has 5 nitrogen and oxygen atoms in total. The number of para-hydroxylation sites is 1. The molecule has 0 bridgehead atoms. The Hall–Kier alpha value is -2.14. The Morgan fingerprint density at radius 3 is 2.82 bits per heavy atom. The molecule has 5 heteroatoms. The molecule has 22 heavy (non-hydrogen) atoms. The molecule has 0 atom stereocenters. The maximum atomic E-state index is 11.6. The molecular weight excluding hydrogens is 278 g/mol. The number of nitrogens with two attached hydrogens (primary N) is 1. The van der Waals surface area contributed by atoms with Crippen molar-refractivity contribution in [2.45, 2.75) is 26.2 Å². The minimum absolute atomic E-state index is 0.440. The van der Waals surface area contributed by atoms with Gasteiger partial charge in [-0.05, 0) is 25.0 Å². The SMILES string of the molecule is CCCCOCCCNc1cc(C(N)=O)c2ccccc2n1. The van der Waals surface area contributed by atoms with Gasteiger partial charge >= 0.3 is 0 Å². The number of ether oxygens (including phenoxy) is 1. The second kappa shape index (κ2) is 8.34. The summed E-state index contributed by atoms with van der Waals surface area (Å²) in [6.45, 7) is 4.43. The van der Waals surface area contributed by atoms with E-state index >= 15 is 0 Å². The molecule has 0 saturated carbocycles. The van der Waals surface area contributed by atoms with E-state index in [1.165, 1.54) is 0 Å². The van der Waals surface area contributed by atoms with Crippen LogP contribution >= 0.6 is 0 Å². The van der Waals surface area contributed by atoms with Crippen molar-refractivity contribution in [3.05, 3.63) is 35.9 Å². The summed E-state index contributed by atoms with van der Waals surface area (Å²) in [5.74, 6) is 0.227. The summed E-state index contributed by atoms with van der Waals surface area (Å²) in [4.78, 5) is 16.1. The molecule has 0 saturated heterocycles. The highest BCUT2D eigenvalue weighted by atomic mass is 16.5. The van der Waals surface area contributed by atoms with Gasteiger partial charge in [0.1, 0.15) is 5.82 Å². The molecule has 0 unspecified atom stereocenters. The van der Waals surface area contributed by atoms with Gasteiger partial charge in [0, 0.05) is 25.1 Å². The standard InChI is InChI=1S/C17H23N3O2/c1-2-3-10-22-11-6-9-19-16-12-14(17(18)21)13-7-4-5-8-15(13)20-16/h4-5,7-8,12H,2-3,6,9-11H2,1H3,(H2,18,21)(H,19,20). The highest BCUT2D eigenvalue weighted by Crippen LogP contribution is 2.20. The lowest BCUT2D eigenvalue weighted by Gasteiger charge is -2.09. The molecule has 1 amide bonds. The molecule has 0 spiro atoms. The summed E-state index contributed by atoms with van der Waals surface area (Å²) >= 11 is 0. The number of benzene rings is 1. The lowest BCUT2D eigenvalue weighted by Crippen LogP contribution is -2.14. The van der Waals surface area contributed by atoms with Crippen LogP contribution in [0.5, 0.6) is 0 Å². The summed E-state index contributed by atoms with van der Waals surface area (Å²) in [6, 6.07) is 9.21. The summed E-state index contributed by atoms with van der Waals surface area (Å²) < 4.78 is 5.51. The predicted octanol–water partition coefficient (Wildman–Crippen LogP) is 2.95. The number of anilines is 1. The van der Waals surface area contributed by atoms with Gasteiger partial charge in [-0.15, -0.1) is 0 Å². The van der Waals surface area contributed by atoms with E-state index < -0.39 is 5.91 Å². The van der Waals surface area contributed by atoms with E-state index in [1.54, 1.807) is 6.07 Å². The smallest absolute Gasteiger partial charge is 0.249 e. The second-order valence-electron chi connectivity index (χ2n) is 5.18. The first-order valence-electron chi connectivity index (χ1n) is 7.73. The van der Waals surface area contributed by atoms with Crippen LogP contribution in [0.1, 0.15) is 36.5 Å². The number of amides is 1. The third-order valence-corrected chi connectivity index (χ3v) is 3.40. The first-order valence-corrected chi connectivity index (χ1v) is 7.73. The molecule has 2 rings (SSSR count). The van der Waals surface area contributed by atoms with E-state index in [-0.39, 0.29) is 0 Å². The van der Waals surface area contributed by atoms with Crippen molar-refractivity contribution in [2.24, 2.45) is 5.73 Å². The van der Waals surface area contributed by atoms with E-state index in [0.717, 1.165) is 49.9 Å². The van der Waals surface area contributed by atoms with E-state index in [9.17, 15) is 4.79 Å². The van der Waals surface area contributed by atoms with Crippen molar-refractivity contribution in [3.8, 4) is 0 Å². The van der Waals surface area contributed by atoms with Crippen molar-refractivity contribution in [1.82, 2.24) is 4.98 Å². The summed E-state index contributed by atoms with van der Waals surface area (Å²) in [5.41, 5.74) is 6.71. The van der Waals surface area contributed by atoms with Crippen molar-refractivity contribution in [1.29, 1.82) is 0 Å². The summed E-state index contributed by atoms with van der Waals surface area (Å²) in [6.07, 6.45) is 3.14. The average Bonchev–Trinajstić information content (AvgIpc) is 2.53. The molecule has 3 N–H and O–H groups in total. The zero-order valence-electron chi connectivity index (χ0n) is 13.0. The van der Waals surface area contributed by atoms with Crippen LogP contribution in [0.4, 0.5) is 5.82 Å². The maximum absolute atomic E-state index is 11.6. The number of aromatic nitrogens is 1. The average molecular weight is 301 g/mol. The lowest BCUT2D eigenvalue weighted by molar-refractivity contribution is 0.100. The van der Waals surface area contributed by atoms with Crippen molar-refractivity contribution in [2.75, 3.05) is 25.1 Å². The zero-order valence-corrected chi connectivity index (χ0v) is 13.0. The van der Waals surface area contributed by atoms with Gasteiger partial charge in [0.05, 0.1) is 11.1 Å². The van der Waals surface area contributed by atoms with Gasteiger partial charge in [0.15, 0.2) is 0 Å². The number of nitrogens with zero attached hydrogens (tertiary/aromatic N) is 1. The molecule has 118 valence electrons. The Morgan fingerprint density at radius 1 is 1.27 bits per heavy atom. The number of hydrogen-bond donors (Lipinski definition) is 2. The number of fused-ring (bicyclic) bond motifs is 1. The fraction of sp³-hybridized carbons (Fsp3) is 0.412. The number of primary amides is 1. The van der Waals surface area contributed by atoms with E-state index in [2.05, 4.69) is 17.2 Å². The minimum atomic E-state index is -0.440. The minimum Gasteiger partial charge on any atom is -0.381 e. The number of nitrogens with one attached hydrogen (secondary N) is 1. The van der Waals surface area contributed by atoms with Gasteiger partial charge in [0.25, 0.3) is 0 Å². The monoisotopic (exact) mass is 301 g/mol. The number of pyridine rings is 1. The number of unbranched alkanes of at least 4 members (excludes halogenated alkanes) is 1. The number of hydrogen-bond acceptors (Lipinski definition) is 4. The number of carbonyl (C=O) groups excluding carboxylic acids is 1. The largest absolute Gasteiger partial charge is 0.381 e. The second-order valence-corrected chi connectivity index (χ2v) is 5.18. The fourth-order valence-corrected chi connectivity index (χ4v) is 2.21. The molecule has 1 heterocycles. The van der Waals surface area contributed by atoms with Crippen LogP contribution in [-0.2, 0) is 4.74 Å². The van der Waals surface area contributed by atoms with Crippen LogP contribution < -0.4 is 11.1 Å². The Labute approximate surface area is 130 Å². The van der Waals surface area contributed by atoms with E-state index in [4.69, 9.17) is 10.5 Å². The fourth-order valence-electron chi connectivity index (χ4n) is 2.21. The van der Waals surface area contributed by atoms with Gasteiger partial charge in [0.2, 0.25) is 5.91 Å². The molecule has 0 aliphatic carbocycles. The lowest BCUT2D eigenvalue weighted by atomic mass is 10.1. The van der Waals surface area contributed by atoms with Crippen LogP contribution in [0.15, 0.2) is 30.3 Å². The van der Waals surface area contributed by atoms with Gasteiger partial charge in [-0.25, -0.2) is 4.98 Å². The molecule has 0 aliphatic heterocycles. The van der Waals surface area contributed by atoms with Gasteiger partial charge in [-0.2, -0.15) is 0 Å². The maximum Gasteiger partial charge on any atom is 0.249 e. The highest BCUT2D eigenvalue weighted by Gasteiger charge is 2.09. The molecule has 2 aromatic rings. The van der Waals surface area contributed by atoms with Crippen LogP contribution in [0.3, 0.4) is 0 Å². The third kappa shape index (κ3) is 4.43. The van der Waals surface area contributed by atoms with E-state index in [0.29, 0.717) is 11.4 Å². The molecule has 0 fully saturated rings. The van der Waals surface area contributed by atoms with Crippen LogP contribution in [0, 0.1) is 0 Å². The normalized spacial score (nSPS) is 10.8. The van der Waals surface area contributed by atoms with Crippen LogP contribution in [-0.4, -0.2) is 30.6 Å². The highest BCUT2D eigenvalue weighted by molar-refractivity contribution is 6.06. The van der Waals surface area contributed by atoms with Crippen LogP contribution in [0.2, 0.25) is 0 Å². The van der Waals surface area contributed by atoms with Crippen LogP contribution in [0.25, 0.3) is 10.9 Å². The van der Waals surface area contributed by atoms with Crippen molar-refractivity contribution < 1.29 is 9.53 Å². The molecular formula is C17H23N3O2. The Bertz CT molecular complexity index is 628. The first kappa shape index (κ1) is 16.2. The van der Waals surface area contributed by atoms with Gasteiger partial charge < -0.3 is 15.8 Å². The third-order valence-electron chi connectivity index (χ3n) is 3.40. The van der Waals surface area contributed by atoms with Crippen molar-refractivity contribution in [3.63, 3.8) is 0 Å². The molecule has 1 aromatic carbocycles. The Kier molecular flexibility index (Phi) is 6.15. The Balaban J connectivity index is 1.95. The summed E-state index contributed by atoms with van der Waals surface area (Å²) in [5, 5.41) is 4.01. The zero-order chi connectivity index (χ0) is 15.8.